The van der Waals surface area contributed by atoms with Crippen LogP contribution in [0.4, 0.5) is 5.95 Å². The van der Waals surface area contributed by atoms with E-state index in [9.17, 15) is 0 Å². The second-order valence-corrected chi connectivity index (χ2v) is 8.78. The van der Waals surface area contributed by atoms with Crippen molar-refractivity contribution in [1.82, 2.24) is 24.9 Å². The molecule has 1 aromatic carbocycles. The SMILES string of the molecule is CC(C)Cn1c(SC(C)c2nc(-c3ccccc3)no2)nnc1N1CCOCC1. The highest BCUT2D eigenvalue weighted by Gasteiger charge is 2.24. The van der Waals surface area contributed by atoms with Gasteiger partial charge in [-0.25, -0.2) is 0 Å². The second-order valence-electron chi connectivity index (χ2n) is 7.47. The molecule has 3 heterocycles. The van der Waals surface area contributed by atoms with E-state index in [0.717, 1.165) is 49.5 Å². The largest absolute Gasteiger partial charge is 0.378 e. The summed E-state index contributed by atoms with van der Waals surface area (Å²) in [5.41, 5.74) is 0.942. The Morgan fingerprint density at radius 2 is 1.83 bits per heavy atom. The van der Waals surface area contributed by atoms with Gasteiger partial charge in [0, 0.05) is 25.2 Å². The Bertz CT molecular complexity index is 920. The van der Waals surface area contributed by atoms with Gasteiger partial charge in [-0.2, -0.15) is 4.98 Å². The molecule has 154 valence electrons. The molecule has 1 aliphatic heterocycles. The van der Waals surface area contributed by atoms with Crippen LogP contribution in [-0.4, -0.2) is 51.2 Å². The fourth-order valence-corrected chi connectivity index (χ4v) is 4.09. The molecule has 0 spiro atoms. The van der Waals surface area contributed by atoms with E-state index in [0.29, 0.717) is 17.6 Å². The zero-order valence-corrected chi connectivity index (χ0v) is 17.8. The van der Waals surface area contributed by atoms with Gasteiger partial charge in [0.1, 0.15) is 0 Å². The zero-order valence-electron chi connectivity index (χ0n) is 17.0. The monoisotopic (exact) mass is 414 g/mol. The van der Waals surface area contributed by atoms with Crippen LogP contribution in [0.2, 0.25) is 0 Å². The van der Waals surface area contributed by atoms with E-state index in [1.165, 1.54) is 0 Å². The highest BCUT2D eigenvalue weighted by Crippen LogP contribution is 2.35. The van der Waals surface area contributed by atoms with Gasteiger partial charge in [0.05, 0.1) is 18.5 Å². The number of aromatic nitrogens is 5. The normalized spacial score (nSPS) is 15.8. The van der Waals surface area contributed by atoms with Crippen molar-refractivity contribution in [3.05, 3.63) is 36.2 Å². The van der Waals surface area contributed by atoms with Crippen molar-refractivity contribution in [2.45, 2.75) is 37.7 Å². The molecule has 0 N–H and O–H groups in total. The number of morpholine rings is 1. The fraction of sp³-hybridized carbons (Fsp3) is 0.500. The number of benzene rings is 1. The van der Waals surface area contributed by atoms with Gasteiger partial charge in [-0.05, 0) is 12.8 Å². The topological polar surface area (TPSA) is 82.1 Å². The van der Waals surface area contributed by atoms with E-state index in [1.807, 2.05) is 30.3 Å². The maximum absolute atomic E-state index is 5.53. The van der Waals surface area contributed by atoms with Crippen LogP contribution in [0.15, 0.2) is 40.0 Å². The summed E-state index contributed by atoms with van der Waals surface area (Å²) in [4.78, 5) is 6.82. The van der Waals surface area contributed by atoms with Crippen molar-refractivity contribution >= 4 is 17.7 Å². The molecule has 1 fully saturated rings. The van der Waals surface area contributed by atoms with Crippen molar-refractivity contribution in [3.8, 4) is 11.4 Å². The summed E-state index contributed by atoms with van der Waals surface area (Å²) >= 11 is 1.59. The van der Waals surface area contributed by atoms with Crippen LogP contribution in [0, 0.1) is 5.92 Å². The number of rotatable bonds is 7. The van der Waals surface area contributed by atoms with Crippen LogP contribution < -0.4 is 4.90 Å². The smallest absolute Gasteiger partial charge is 0.240 e. The van der Waals surface area contributed by atoms with Crippen LogP contribution in [0.5, 0.6) is 0 Å². The molecule has 29 heavy (non-hydrogen) atoms. The Hall–Kier alpha value is -2.39. The minimum atomic E-state index is -0.0346. The van der Waals surface area contributed by atoms with E-state index < -0.39 is 0 Å². The Morgan fingerprint density at radius 3 is 2.55 bits per heavy atom. The van der Waals surface area contributed by atoms with Gasteiger partial charge in [0.25, 0.3) is 0 Å². The number of hydrogen-bond acceptors (Lipinski definition) is 8. The van der Waals surface area contributed by atoms with Crippen LogP contribution in [0.1, 0.15) is 31.9 Å². The van der Waals surface area contributed by atoms with Gasteiger partial charge in [-0.3, -0.25) is 4.57 Å². The number of ether oxygens (including phenoxy) is 1. The summed E-state index contributed by atoms with van der Waals surface area (Å²) in [5.74, 6) is 2.58. The summed E-state index contributed by atoms with van der Waals surface area (Å²) in [6.45, 7) is 10.4. The van der Waals surface area contributed by atoms with Crippen molar-refractivity contribution in [3.63, 3.8) is 0 Å². The average Bonchev–Trinajstić information content (AvgIpc) is 3.37. The lowest BCUT2D eigenvalue weighted by atomic mass is 10.2. The highest BCUT2D eigenvalue weighted by molar-refractivity contribution is 7.99. The van der Waals surface area contributed by atoms with E-state index in [1.54, 1.807) is 11.8 Å². The third-order valence-corrected chi connectivity index (χ3v) is 5.71. The van der Waals surface area contributed by atoms with Crippen LogP contribution in [0.25, 0.3) is 11.4 Å². The molecule has 0 aliphatic carbocycles. The number of nitrogens with zero attached hydrogens (tertiary/aromatic N) is 6. The minimum Gasteiger partial charge on any atom is -0.378 e. The maximum Gasteiger partial charge on any atom is 0.240 e. The third-order valence-electron chi connectivity index (χ3n) is 4.64. The van der Waals surface area contributed by atoms with Gasteiger partial charge in [0.2, 0.25) is 17.7 Å². The molecule has 0 amide bonds. The first-order chi connectivity index (χ1) is 14.1. The standard InChI is InChI=1S/C20H26N6O2S/c1-14(2)13-26-19(25-9-11-27-12-10-25)22-23-20(26)29-15(3)18-21-17(24-28-18)16-7-5-4-6-8-16/h4-8,14-15H,9-13H2,1-3H3. The summed E-state index contributed by atoms with van der Waals surface area (Å²) in [5, 5.41) is 13.9. The van der Waals surface area contributed by atoms with Crippen molar-refractivity contribution < 1.29 is 9.26 Å². The lowest BCUT2D eigenvalue weighted by Crippen LogP contribution is -2.38. The number of anilines is 1. The van der Waals surface area contributed by atoms with Crippen LogP contribution >= 0.6 is 11.8 Å². The molecular weight excluding hydrogens is 388 g/mol. The molecular formula is C20H26N6O2S. The average molecular weight is 415 g/mol. The first-order valence-corrected chi connectivity index (χ1v) is 10.8. The highest BCUT2D eigenvalue weighted by atomic mass is 32.2. The van der Waals surface area contributed by atoms with E-state index in [4.69, 9.17) is 9.26 Å². The molecule has 0 bridgehead atoms. The molecule has 1 saturated heterocycles. The number of thioether (sulfide) groups is 1. The van der Waals surface area contributed by atoms with Crippen molar-refractivity contribution in [1.29, 1.82) is 0 Å². The second kappa shape index (κ2) is 8.96. The van der Waals surface area contributed by atoms with Crippen molar-refractivity contribution in [2.75, 3.05) is 31.2 Å². The Labute approximate surface area is 174 Å². The first kappa shape index (κ1) is 19.9. The Kier molecular flexibility index (Phi) is 6.15. The van der Waals surface area contributed by atoms with Crippen LogP contribution in [0.3, 0.4) is 0 Å². The van der Waals surface area contributed by atoms with Gasteiger partial charge < -0.3 is 14.2 Å². The van der Waals surface area contributed by atoms with Gasteiger partial charge in [-0.1, -0.05) is 61.1 Å². The summed E-state index contributed by atoms with van der Waals surface area (Å²) in [6.07, 6.45) is 0. The predicted octanol–water partition coefficient (Wildman–Crippen LogP) is 3.67. The van der Waals surface area contributed by atoms with E-state index >= 15 is 0 Å². The molecule has 3 aromatic rings. The molecule has 1 aliphatic rings. The minimum absolute atomic E-state index is 0.0346. The Morgan fingerprint density at radius 1 is 1.07 bits per heavy atom. The molecule has 8 nitrogen and oxygen atoms in total. The quantitative estimate of drug-likeness (QED) is 0.542. The summed E-state index contributed by atoms with van der Waals surface area (Å²) in [7, 11) is 0. The lowest BCUT2D eigenvalue weighted by molar-refractivity contribution is 0.121. The zero-order chi connectivity index (χ0) is 20.2. The fourth-order valence-electron chi connectivity index (χ4n) is 3.20. The first-order valence-electron chi connectivity index (χ1n) is 9.93. The third kappa shape index (κ3) is 4.62. The molecule has 1 atom stereocenters. The molecule has 9 heteroatoms. The maximum atomic E-state index is 5.53. The summed E-state index contributed by atoms with van der Waals surface area (Å²) in [6, 6.07) is 9.84. The molecule has 0 saturated carbocycles. The van der Waals surface area contributed by atoms with E-state index in [-0.39, 0.29) is 5.25 Å². The van der Waals surface area contributed by atoms with Crippen molar-refractivity contribution in [2.24, 2.45) is 5.92 Å². The molecule has 4 rings (SSSR count). The number of hydrogen-bond donors (Lipinski definition) is 0. The molecule has 2 aromatic heterocycles. The van der Waals surface area contributed by atoms with Crippen LogP contribution in [-0.2, 0) is 11.3 Å². The van der Waals surface area contributed by atoms with Gasteiger partial charge in [0.15, 0.2) is 5.16 Å². The van der Waals surface area contributed by atoms with E-state index in [2.05, 4.69) is 50.6 Å². The summed E-state index contributed by atoms with van der Waals surface area (Å²) < 4.78 is 13.2. The lowest BCUT2D eigenvalue weighted by Gasteiger charge is -2.28. The molecule has 0 radical (unpaired) electrons. The molecule has 1 unspecified atom stereocenters. The Balaban J connectivity index is 1.54. The van der Waals surface area contributed by atoms with Gasteiger partial charge in [-0.15, -0.1) is 10.2 Å². The van der Waals surface area contributed by atoms with Gasteiger partial charge >= 0.3 is 0 Å². The predicted molar refractivity (Wildman–Crippen MR) is 112 cm³/mol.